The van der Waals surface area contributed by atoms with Gasteiger partial charge in [0.2, 0.25) is 0 Å². The fraction of sp³-hybridized carbons (Fsp3) is 0.357. The van der Waals surface area contributed by atoms with Gasteiger partial charge in [-0.2, -0.15) is 0 Å². The molecule has 84 valence electrons. The number of benzene rings is 1. The first-order valence-corrected chi connectivity index (χ1v) is 5.81. The van der Waals surface area contributed by atoms with E-state index in [0.717, 1.165) is 12.2 Å². The highest BCUT2D eigenvalue weighted by Crippen LogP contribution is 2.26. The average molecular weight is 214 g/mol. The Morgan fingerprint density at radius 2 is 2.19 bits per heavy atom. The highest BCUT2D eigenvalue weighted by molar-refractivity contribution is 5.38. The highest BCUT2D eigenvalue weighted by Gasteiger charge is 2.13. The molecule has 16 heavy (non-hydrogen) atoms. The minimum atomic E-state index is 0.335. The quantitative estimate of drug-likeness (QED) is 0.833. The summed E-state index contributed by atoms with van der Waals surface area (Å²) in [6.07, 6.45) is 4.78. The van der Waals surface area contributed by atoms with Gasteiger partial charge in [-0.1, -0.05) is 32.0 Å². The first-order valence-electron chi connectivity index (χ1n) is 5.81. The zero-order valence-corrected chi connectivity index (χ0v) is 10.1. The number of aromatic nitrogens is 2. The lowest BCUT2D eigenvalue weighted by molar-refractivity contribution is 0.828. The van der Waals surface area contributed by atoms with E-state index >= 15 is 0 Å². The van der Waals surface area contributed by atoms with Crippen LogP contribution in [0.4, 0.5) is 0 Å². The van der Waals surface area contributed by atoms with Crippen LogP contribution < -0.4 is 0 Å². The molecule has 2 rings (SSSR count). The van der Waals surface area contributed by atoms with E-state index in [1.165, 1.54) is 16.7 Å². The van der Waals surface area contributed by atoms with E-state index in [-0.39, 0.29) is 0 Å². The van der Waals surface area contributed by atoms with Gasteiger partial charge in [-0.25, -0.2) is 4.98 Å². The molecule has 1 heterocycles. The molecule has 0 radical (unpaired) electrons. The fourth-order valence-electron chi connectivity index (χ4n) is 2.22. The lowest BCUT2D eigenvalue weighted by Crippen LogP contribution is -2.02. The van der Waals surface area contributed by atoms with Crippen LogP contribution in [0.5, 0.6) is 0 Å². The van der Waals surface area contributed by atoms with E-state index in [4.69, 9.17) is 0 Å². The van der Waals surface area contributed by atoms with Crippen molar-refractivity contribution in [2.45, 2.75) is 33.1 Å². The first kappa shape index (κ1) is 10.9. The molecular formula is C14H18N2. The van der Waals surface area contributed by atoms with Crippen molar-refractivity contribution in [1.29, 1.82) is 0 Å². The molecule has 0 aliphatic carbocycles. The van der Waals surface area contributed by atoms with Gasteiger partial charge in [0.25, 0.3) is 0 Å². The molecule has 2 nitrogen and oxygen atoms in total. The largest absolute Gasteiger partial charge is 0.348 e. The van der Waals surface area contributed by atoms with Gasteiger partial charge in [0.1, 0.15) is 5.82 Å². The number of rotatable bonds is 3. The third kappa shape index (κ3) is 1.87. The zero-order valence-electron chi connectivity index (χ0n) is 10.1. The summed E-state index contributed by atoms with van der Waals surface area (Å²) in [4.78, 5) is 7.52. The molecule has 0 saturated heterocycles. The normalized spacial score (nSPS) is 12.7. The van der Waals surface area contributed by atoms with Crippen molar-refractivity contribution in [2.75, 3.05) is 0 Å². The second-order valence-corrected chi connectivity index (χ2v) is 4.18. The molecule has 1 unspecified atom stereocenters. The number of nitrogens with zero attached hydrogens (tertiary/aromatic N) is 1. The minimum Gasteiger partial charge on any atom is -0.348 e. The van der Waals surface area contributed by atoms with E-state index in [0.29, 0.717) is 5.92 Å². The monoisotopic (exact) mass is 214 g/mol. The van der Waals surface area contributed by atoms with Crippen molar-refractivity contribution >= 4 is 0 Å². The van der Waals surface area contributed by atoms with Crippen LogP contribution >= 0.6 is 0 Å². The Morgan fingerprint density at radius 3 is 2.81 bits per heavy atom. The molecule has 1 aromatic heterocycles. The zero-order chi connectivity index (χ0) is 11.5. The van der Waals surface area contributed by atoms with Crippen LogP contribution in [0.1, 0.15) is 42.3 Å². The Kier molecular flexibility index (Phi) is 3.09. The van der Waals surface area contributed by atoms with Gasteiger partial charge in [0.05, 0.1) is 0 Å². The molecule has 1 N–H and O–H groups in total. The summed E-state index contributed by atoms with van der Waals surface area (Å²) in [5, 5.41) is 0. The van der Waals surface area contributed by atoms with E-state index in [2.05, 4.69) is 48.9 Å². The van der Waals surface area contributed by atoms with Crippen LogP contribution in [0, 0.1) is 6.92 Å². The van der Waals surface area contributed by atoms with Crippen LogP contribution in [0.3, 0.4) is 0 Å². The molecule has 0 spiro atoms. The van der Waals surface area contributed by atoms with Crippen molar-refractivity contribution in [1.82, 2.24) is 9.97 Å². The number of nitrogens with one attached hydrogen (secondary N) is 1. The van der Waals surface area contributed by atoms with E-state index in [1.807, 2.05) is 12.4 Å². The Morgan fingerprint density at radius 1 is 1.38 bits per heavy atom. The van der Waals surface area contributed by atoms with Crippen molar-refractivity contribution in [3.8, 4) is 0 Å². The molecule has 0 amide bonds. The lowest BCUT2D eigenvalue weighted by atomic mass is 9.92. The van der Waals surface area contributed by atoms with Crippen molar-refractivity contribution < 1.29 is 0 Å². The molecule has 0 aliphatic heterocycles. The predicted molar refractivity (Wildman–Crippen MR) is 66.7 cm³/mol. The second-order valence-electron chi connectivity index (χ2n) is 4.18. The minimum absolute atomic E-state index is 0.335. The molecule has 2 aromatic rings. The van der Waals surface area contributed by atoms with Crippen LogP contribution in [0.2, 0.25) is 0 Å². The first-order chi connectivity index (χ1) is 7.74. The van der Waals surface area contributed by atoms with Gasteiger partial charge in [-0.15, -0.1) is 0 Å². The maximum atomic E-state index is 4.33. The van der Waals surface area contributed by atoms with Crippen molar-refractivity contribution in [3.05, 3.63) is 53.1 Å². The van der Waals surface area contributed by atoms with Gasteiger partial charge in [-0.3, -0.25) is 0 Å². The molecule has 1 aromatic carbocycles. The smallest absolute Gasteiger partial charge is 0.113 e. The van der Waals surface area contributed by atoms with E-state index in [9.17, 15) is 0 Å². The van der Waals surface area contributed by atoms with Gasteiger partial charge >= 0.3 is 0 Å². The number of aryl methyl sites for hydroxylation is 1. The van der Waals surface area contributed by atoms with Gasteiger partial charge in [-0.05, 0) is 30.0 Å². The molecule has 1 atom stereocenters. The second kappa shape index (κ2) is 4.52. The SMILES string of the molecule is CCc1cccc(C(C)c2ncc[nH]2)c1C. The molecule has 0 bridgehead atoms. The van der Waals surface area contributed by atoms with Gasteiger partial charge in [0.15, 0.2) is 0 Å². The summed E-state index contributed by atoms with van der Waals surface area (Å²) in [7, 11) is 0. The topological polar surface area (TPSA) is 28.7 Å². The average Bonchev–Trinajstić information content (AvgIpc) is 2.82. The highest BCUT2D eigenvalue weighted by atomic mass is 14.9. The number of imidazole rings is 1. The van der Waals surface area contributed by atoms with Crippen LogP contribution in [-0.4, -0.2) is 9.97 Å². The molecule has 0 fully saturated rings. The Hall–Kier alpha value is -1.57. The van der Waals surface area contributed by atoms with E-state index in [1.54, 1.807) is 0 Å². The lowest BCUT2D eigenvalue weighted by Gasteiger charge is -2.15. The molecule has 0 aliphatic rings. The third-order valence-electron chi connectivity index (χ3n) is 3.26. The van der Waals surface area contributed by atoms with Crippen LogP contribution in [-0.2, 0) is 6.42 Å². The Balaban J connectivity index is 2.41. The number of aromatic amines is 1. The summed E-state index contributed by atoms with van der Waals surface area (Å²) in [5.41, 5.74) is 4.19. The summed E-state index contributed by atoms with van der Waals surface area (Å²) in [6.45, 7) is 6.60. The summed E-state index contributed by atoms with van der Waals surface area (Å²) in [6, 6.07) is 6.54. The number of hydrogen-bond donors (Lipinski definition) is 1. The summed E-state index contributed by atoms with van der Waals surface area (Å²) in [5.74, 6) is 1.37. The maximum absolute atomic E-state index is 4.33. The maximum Gasteiger partial charge on any atom is 0.113 e. The molecular weight excluding hydrogens is 196 g/mol. The fourth-order valence-corrected chi connectivity index (χ4v) is 2.22. The number of hydrogen-bond acceptors (Lipinski definition) is 1. The van der Waals surface area contributed by atoms with Crippen molar-refractivity contribution in [2.24, 2.45) is 0 Å². The van der Waals surface area contributed by atoms with Gasteiger partial charge < -0.3 is 4.98 Å². The van der Waals surface area contributed by atoms with E-state index < -0.39 is 0 Å². The van der Waals surface area contributed by atoms with Gasteiger partial charge in [0, 0.05) is 18.3 Å². The Labute approximate surface area is 96.7 Å². The summed E-state index contributed by atoms with van der Waals surface area (Å²) < 4.78 is 0. The third-order valence-corrected chi connectivity index (χ3v) is 3.26. The van der Waals surface area contributed by atoms with Crippen molar-refractivity contribution in [3.63, 3.8) is 0 Å². The Bertz CT molecular complexity index is 458. The van der Waals surface area contributed by atoms with Crippen LogP contribution in [0.15, 0.2) is 30.6 Å². The number of H-pyrrole nitrogens is 1. The molecule has 2 heteroatoms. The predicted octanol–water partition coefficient (Wildman–Crippen LogP) is 3.43. The van der Waals surface area contributed by atoms with Crippen LogP contribution in [0.25, 0.3) is 0 Å². The summed E-state index contributed by atoms with van der Waals surface area (Å²) >= 11 is 0. The standard InChI is InChI=1S/C14H18N2/c1-4-12-6-5-7-13(10(12)2)11(3)14-15-8-9-16-14/h5-9,11H,4H2,1-3H3,(H,15,16). The molecule has 0 saturated carbocycles.